The predicted octanol–water partition coefficient (Wildman–Crippen LogP) is 1.10. The van der Waals surface area contributed by atoms with E-state index in [0.29, 0.717) is 5.41 Å². The van der Waals surface area contributed by atoms with E-state index in [1.54, 1.807) is 12.5 Å². The van der Waals surface area contributed by atoms with Crippen molar-refractivity contribution in [1.29, 1.82) is 0 Å². The van der Waals surface area contributed by atoms with Gasteiger partial charge in [-0.15, -0.1) is 0 Å². The highest BCUT2D eigenvalue weighted by Crippen LogP contribution is 2.58. The van der Waals surface area contributed by atoms with Crippen molar-refractivity contribution in [3.05, 3.63) is 0 Å². The Balaban J connectivity index is 1.89. The van der Waals surface area contributed by atoms with Gasteiger partial charge in [0.1, 0.15) is 0 Å². The molecule has 1 aliphatic heterocycles. The quantitative estimate of drug-likeness (QED) is 0.751. The Morgan fingerprint density at radius 2 is 2.07 bits per heavy atom. The van der Waals surface area contributed by atoms with Crippen LogP contribution < -0.4 is 5.32 Å². The lowest BCUT2D eigenvalue weighted by Crippen LogP contribution is -2.30. The van der Waals surface area contributed by atoms with Crippen LogP contribution >= 0.6 is 0 Å². The number of hydrogen-bond acceptors (Lipinski definition) is 3. The predicted molar refractivity (Wildman–Crippen MR) is 59.9 cm³/mol. The molecule has 3 nitrogen and oxygen atoms in total. The highest BCUT2D eigenvalue weighted by atomic mass is 32.2. The third-order valence-electron chi connectivity index (χ3n) is 3.56. The largest absolute Gasteiger partial charge is 0.317 e. The maximum Gasteiger partial charge on any atom is 0.0517 e. The van der Waals surface area contributed by atoms with Gasteiger partial charge in [0.15, 0.2) is 0 Å². The average molecular weight is 216 g/mol. The minimum absolute atomic E-state index is 0.583. The Morgan fingerprint density at radius 3 is 2.64 bits per heavy atom. The number of piperidine rings is 1. The molecule has 1 unspecified atom stereocenters. The van der Waals surface area contributed by atoms with Crippen molar-refractivity contribution in [2.45, 2.75) is 19.3 Å². The first kappa shape index (κ1) is 10.4. The molecule has 1 saturated heterocycles. The number of nitrogens with one attached hydrogen (secondary N) is 1. The van der Waals surface area contributed by atoms with Gasteiger partial charge in [0.2, 0.25) is 0 Å². The highest BCUT2D eigenvalue weighted by Gasteiger charge is 2.53. The van der Waals surface area contributed by atoms with E-state index in [1.165, 1.54) is 19.3 Å². The molecule has 0 bridgehead atoms. The molecule has 1 spiro atoms. The van der Waals surface area contributed by atoms with E-state index in [-0.39, 0.29) is 0 Å². The first-order valence-corrected chi connectivity index (χ1v) is 7.69. The summed E-state index contributed by atoms with van der Waals surface area (Å²) < 4.78 is 15.7. The van der Waals surface area contributed by atoms with Gasteiger partial charge in [0, 0.05) is 22.2 Å². The fourth-order valence-corrected chi connectivity index (χ4v) is 3.04. The van der Waals surface area contributed by atoms with Gasteiger partial charge in [-0.05, 0) is 43.7 Å². The Morgan fingerprint density at radius 1 is 1.43 bits per heavy atom. The van der Waals surface area contributed by atoms with Gasteiger partial charge in [-0.2, -0.15) is 0 Å². The lowest BCUT2D eigenvalue weighted by molar-refractivity contribution is 0.325. The highest BCUT2D eigenvalue weighted by molar-refractivity contribution is 7.92. The zero-order valence-electron chi connectivity index (χ0n) is 9.08. The van der Waals surface area contributed by atoms with Crippen LogP contribution in [0.3, 0.4) is 0 Å². The maximum absolute atomic E-state index is 11.4. The molecule has 82 valence electrons. The fourth-order valence-electron chi connectivity index (χ4n) is 2.50. The molecule has 1 heterocycles. The van der Waals surface area contributed by atoms with Crippen LogP contribution in [0.4, 0.5) is 0 Å². The summed E-state index contributed by atoms with van der Waals surface area (Å²) in [5.74, 6) is 0.727. The summed E-state index contributed by atoms with van der Waals surface area (Å²) in [7, 11) is -1.88. The van der Waals surface area contributed by atoms with E-state index < -0.39 is 9.73 Å². The molecule has 1 aliphatic carbocycles. The molecule has 4 heteroatoms. The second-order valence-electron chi connectivity index (χ2n) is 5.01. The molecule has 1 N–H and O–H groups in total. The van der Waals surface area contributed by atoms with Crippen LogP contribution in [0.2, 0.25) is 0 Å². The van der Waals surface area contributed by atoms with Gasteiger partial charge in [0.05, 0.1) is 6.54 Å². The lowest BCUT2D eigenvalue weighted by atomic mass is 9.92. The third-order valence-corrected chi connectivity index (χ3v) is 4.33. The Labute approximate surface area is 86.8 Å². The van der Waals surface area contributed by atoms with Crippen molar-refractivity contribution in [2.75, 3.05) is 32.1 Å². The molecule has 0 aromatic rings. The molecule has 0 amide bonds. The van der Waals surface area contributed by atoms with E-state index in [2.05, 4.69) is 9.68 Å². The van der Waals surface area contributed by atoms with Gasteiger partial charge in [-0.25, -0.2) is 4.36 Å². The second-order valence-corrected chi connectivity index (χ2v) is 7.63. The van der Waals surface area contributed by atoms with Crippen LogP contribution in [0, 0.1) is 11.3 Å². The Bertz CT molecular complexity index is 317. The van der Waals surface area contributed by atoms with E-state index in [0.717, 1.165) is 25.6 Å². The maximum atomic E-state index is 11.4. The van der Waals surface area contributed by atoms with E-state index >= 15 is 0 Å². The Kier molecular flexibility index (Phi) is 2.60. The van der Waals surface area contributed by atoms with Crippen molar-refractivity contribution in [3.8, 4) is 0 Å². The first-order valence-electron chi connectivity index (χ1n) is 5.35. The van der Waals surface area contributed by atoms with Crippen molar-refractivity contribution in [3.63, 3.8) is 0 Å². The zero-order valence-corrected chi connectivity index (χ0v) is 9.90. The standard InChI is InChI=1S/C10H20N2OS/c1-14(2,13)12-8-9-7-10(9)3-5-11-6-4-10/h9,11H,3-8H2,1-2H3. The summed E-state index contributed by atoms with van der Waals surface area (Å²) in [6.45, 7) is 3.14. The van der Waals surface area contributed by atoms with Crippen LogP contribution in [0.25, 0.3) is 0 Å². The van der Waals surface area contributed by atoms with E-state index in [1.807, 2.05) is 0 Å². The first-order chi connectivity index (χ1) is 6.52. The van der Waals surface area contributed by atoms with Crippen molar-refractivity contribution >= 4 is 9.73 Å². The normalized spacial score (nSPS) is 30.3. The molecule has 1 saturated carbocycles. The summed E-state index contributed by atoms with van der Waals surface area (Å²) in [6.07, 6.45) is 7.35. The summed E-state index contributed by atoms with van der Waals surface area (Å²) in [6, 6.07) is 0. The molecule has 14 heavy (non-hydrogen) atoms. The topological polar surface area (TPSA) is 41.5 Å². The number of nitrogens with zero attached hydrogens (tertiary/aromatic N) is 1. The molecular formula is C10H20N2OS. The summed E-state index contributed by atoms with van der Waals surface area (Å²) in [5, 5.41) is 3.39. The van der Waals surface area contributed by atoms with Gasteiger partial charge >= 0.3 is 0 Å². The van der Waals surface area contributed by atoms with Gasteiger partial charge in [-0.1, -0.05) is 0 Å². The van der Waals surface area contributed by atoms with Crippen molar-refractivity contribution in [1.82, 2.24) is 5.32 Å². The number of rotatable bonds is 2. The monoisotopic (exact) mass is 216 g/mol. The minimum atomic E-state index is -1.88. The van der Waals surface area contributed by atoms with Crippen molar-refractivity contribution in [2.24, 2.45) is 15.7 Å². The van der Waals surface area contributed by atoms with Gasteiger partial charge in [-0.3, -0.25) is 4.21 Å². The van der Waals surface area contributed by atoms with Crippen LogP contribution in [-0.2, 0) is 9.73 Å². The molecule has 0 aromatic heterocycles. The van der Waals surface area contributed by atoms with Gasteiger partial charge in [0.25, 0.3) is 0 Å². The Hall–Kier alpha value is -0.0900. The zero-order chi connectivity index (χ0) is 10.2. The van der Waals surface area contributed by atoms with Gasteiger partial charge < -0.3 is 5.32 Å². The minimum Gasteiger partial charge on any atom is -0.317 e. The molecule has 2 aliphatic rings. The molecule has 2 rings (SSSR count). The SMILES string of the molecule is CS(C)(=O)=NCC1CC12CCNCC2. The third kappa shape index (κ3) is 2.28. The molecule has 0 radical (unpaired) electrons. The average Bonchev–Trinajstić information content (AvgIpc) is 2.76. The fraction of sp³-hybridized carbons (Fsp3) is 1.00. The molecular weight excluding hydrogens is 196 g/mol. The number of hydrogen-bond donors (Lipinski definition) is 1. The second kappa shape index (κ2) is 3.49. The van der Waals surface area contributed by atoms with Crippen LogP contribution in [-0.4, -0.2) is 36.4 Å². The van der Waals surface area contributed by atoms with E-state index in [4.69, 9.17) is 0 Å². The summed E-state index contributed by atoms with van der Waals surface area (Å²) in [4.78, 5) is 0. The summed E-state index contributed by atoms with van der Waals surface area (Å²) >= 11 is 0. The molecule has 0 aromatic carbocycles. The molecule has 2 fully saturated rings. The van der Waals surface area contributed by atoms with Crippen LogP contribution in [0.5, 0.6) is 0 Å². The lowest BCUT2D eigenvalue weighted by Gasteiger charge is -2.23. The summed E-state index contributed by atoms with van der Waals surface area (Å²) in [5.41, 5.74) is 0.583. The van der Waals surface area contributed by atoms with E-state index in [9.17, 15) is 4.21 Å². The van der Waals surface area contributed by atoms with Crippen LogP contribution in [0.1, 0.15) is 19.3 Å². The molecule has 1 atom stereocenters. The van der Waals surface area contributed by atoms with Crippen LogP contribution in [0.15, 0.2) is 4.36 Å². The van der Waals surface area contributed by atoms with Crippen molar-refractivity contribution < 1.29 is 4.21 Å². The smallest absolute Gasteiger partial charge is 0.0517 e.